The van der Waals surface area contributed by atoms with Gasteiger partial charge in [0.2, 0.25) is 0 Å². The van der Waals surface area contributed by atoms with E-state index in [0.29, 0.717) is 23.8 Å². The Hall–Kier alpha value is -1.60. The number of carbonyl (C=O) groups excluding carboxylic acids is 2. The molecular formula is C12H15NO5S. The van der Waals surface area contributed by atoms with Crippen molar-refractivity contribution in [3.63, 3.8) is 0 Å². The highest BCUT2D eigenvalue weighted by molar-refractivity contribution is 7.12. The first kappa shape index (κ1) is 13.8. The van der Waals surface area contributed by atoms with Crippen molar-refractivity contribution in [3.05, 3.63) is 16.3 Å². The Labute approximate surface area is 114 Å². The minimum Gasteiger partial charge on any atom is -0.495 e. The lowest BCUT2D eigenvalue weighted by molar-refractivity contribution is -0.158. The van der Waals surface area contributed by atoms with Crippen LogP contribution in [-0.2, 0) is 14.3 Å². The number of amides is 1. The van der Waals surface area contributed by atoms with Crippen molar-refractivity contribution >= 4 is 23.2 Å². The summed E-state index contributed by atoms with van der Waals surface area (Å²) >= 11 is 1.32. The molecule has 0 radical (unpaired) electrons. The number of rotatable bonds is 3. The van der Waals surface area contributed by atoms with E-state index >= 15 is 0 Å². The van der Waals surface area contributed by atoms with Gasteiger partial charge < -0.3 is 19.1 Å². The summed E-state index contributed by atoms with van der Waals surface area (Å²) in [7, 11) is 2.82. The van der Waals surface area contributed by atoms with Crippen molar-refractivity contribution in [2.75, 3.05) is 33.9 Å². The number of nitrogens with zero attached hydrogens (tertiary/aromatic N) is 1. The SMILES string of the molecule is COC(=O)C1CN(C(=O)c2sccc2OC)CCO1. The van der Waals surface area contributed by atoms with Crippen LogP contribution in [0.4, 0.5) is 0 Å². The molecule has 1 unspecified atom stereocenters. The molecule has 7 heteroatoms. The Balaban J connectivity index is 2.09. The van der Waals surface area contributed by atoms with Gasteiger partial charge in [0.25, 0.3) is 5.91 Å². The number of thiophene rings is 1. The first-order valence-electron chi connectivity index (χ1n) is 5.77. The van der Waals surface area contributed by atoms with Crippen molar-refractivity contribution in [2.24, 2.45) is 0 Å². The molecule has 1 amide bonds. The largest absolute Gasteiger partial charge is 0.495 e. The Kier molecular flexibility index (Phi) is 4.39. The molecule has 6 nitrogen and oxygen atoms in total. The van der Waals surface area contributed by atoms with Gasteiger partial charge in [0, 0.05) is 6.54 Å². The quantitative estimate of drug-likeness (QED) is 0.768. The number of ether oxygens (including phenoxy) is 3. The van der Waals surface area contributed by atoms with E-state index in [1.54, 1.807) is 16.3 Å². The Morgan fingerprint density at radius 3 is 2.95 bits per heavy atom. The van der Waals surface area contributed by atoms with Crippen molar-refractivity contribution < 1.29 is 23.8 Å². The number of morpholine rings is 1. The van der Waals surface area contributed by atoms with Gasteiger partial charge in [-0.05, 0) is 11.4 Å². The van der Waals surface area contributed by atoms with E-state index in [2.05, 4.69) is 4.74 Å². The second-order valence-corrected chi connectivity index (χ2v) is 4.87. The van der Waals surface area contributed by atoms with E-state index < -0.39 is 12.1 Å². The zero-order valence-corrected chi connectivity index (χ0v) is 11.6. The number of hydrogen-bond acceptors (Lipinski definition) is 6. The molecular weight excluding hydrogens is 270 g/mol. The Bertz CT molecular complexity index is 472. The average molecular weight is 285 g/mol. The van der Waals surface area contributed by atoms with Gasteiger partial charge in [-0.15, -0.1) is 11.3 Å². The lowest BCUT2D eigenvalue weighted by atomic mass is 10.2. The van der Waals surface area contributed by atoms with Gasteiger partial charge in [0.1, 0.15) is 10.6 Å². The summed E-state index contributed by atoms with van der Waals surface area (Å²) in [5, 5.41) is 1.80. The molecule has 1 aliphatic rings. The molecule has 2 rings (SSSR count). The standard InChI is InChI=1S/C12H15NO5S/c1-16-8-3-6-19-10(8)11(14)13-4-5-18-9(7-13)12(15)17-2/h3,6,9H,4-5,7H2,1-2H3. The number of methoxy groups -OCH3 is 2. The zero-order valence-electron chi connectivity index (χ0n) is 10.8. The molecule has 1 fully saturated rings. The van der Waals surface area contributed by atoms with E-state index in [-0.39, 0.29) is 12.5 Å². The molecule has 0 spiro atoms. The molecule has 1 aromatic rings. The van der Waals surface area contributed by atoms with Crippen LogP contribution in [0.2, 0.25) is 0 Å². The summed E-state index contributed by atoms with van der Waals surface area (Å²) in [6.07, 6.45) is -0.714. The predicted molar refractivity (Wildman–Crippen MR) is 68.5 cm³/mol. The molecule has 0 aliphatic carbocycles. The fourth-order valence-electron chi connectivity index (χ4n) is 1.87. The fourth-order valence-corrected chi connectivity index (χ4v) is 2.69. The van der Waals surface area contributed by atoms with Crippen molar-refractivity contribution in [1.82, 2.24) is 4.90 Å². The van der Waals surface area contributed by atoms with Gasteiger partial charge >= 0.3 is 5.97 Å². The average Bonchev–Trinajstić information content (AvgIpc) is 2.94. The summed E-state index contributed by atoms with van der Waals surface area (Å²) in [4.78, 5) is 25.9. The minimum absolute atomic E-state index is 0.149. The first-order valence-corrected chi connectivity index (χ1v) is 6.65. The van der Waals surface area contributed by atoms with Crippen molar-refractivity contribution in [3.8, 4) is 5.75 Å². The topological polar surface area (TPSA) is 65.1 Å². The van der Waals surface area contributed by atoms with Crippen LogP contribution in [-0.4, -0.2) is 56.8 Å². The van der Waals surface area contributed by atoms with Crippen LogP contribution in [0.3, 0.4) is 0 Å². The number of carbonyl (C=O) groups is 2. The molecule has 0 bridgehead atoms. The maximum atomic E-state index is 12.3. The fraction of sp³-hybridized carbons (Fsp3) is 0.500. The summed E-state index contributed by atoms with van der Waals surface area (Å²) < 4.78 is 15.1. The molecule has 104 valence electrons. The normalized spacial score (nSPS) is 19.1. The Morgan fingerprint density at radius 1 is 1.47 bits per heavy atom. The first-order chi connectivity index (χ1) is 9.17. The lowest BCUT2D eigenvalue weighted by Gasteiger charge is -2.31. The highest BCUT2D eigenvalue weighted by Gasteiger charge is 2.31. The molecule has 19 heavy (non-hydrogen) atoms. The molecule has 1 saturated heterocycles. The van der Waals surface area contributed by atoms with Crippen LogP contribution in [0, 0.1) is 0 Å². The second-order valence-electron chi connectivity index (χ2n) is 3.95. The van der Waals surface area contributed by atoms with E-state index in [1.807, 2.05) is 0 Å². The third-order valence-corrected chi connectivity index (χ3v) is 3.74. The van der Waals surface area contributed by atoms with Gasteiger partial charge in [0.15, 0.2) is 6.10 Å². The molecule has 1 aromatic heterocycles. The van der Waals surface area contributed by atoms with Crippen LogP contribution in [0.5, 0.6) is 5.75 Å². The van der Waals surface area contributed by atoms with E-state index in [0.717, 1.165) is 0 Å². The summed E-state index contributed by atoms with van der Waals surface area (Å²) in [5.41, 5.74) is 0. The maximum absolute atomic E-state index is 12.3. The Morgan fingerprint density at radius 2 is 2.26 bits per heavy atom. The number of esters is 1. The van der Waals surface area contributed by atoms with Gasteiger partial charge in [-0.3, -0.25) is 4.79 Å². The monoisotopic (exact) mass is 285 g/mol. The van der Waals surface area contributed by atoms with Crippen LogP contribution in [0.25, 0.3) is 0 Å². The van der Waals surface area contributed by atoms with E-state index in [9.17, 15) is 9.59 Å². The van der Waals surface area contributed by atoms with Crippen LogP contribution in [0.1, 0.15) is 9.67 Å². The predicted octanol–water partition coefficient (Wildman–Crippen LogP) is 0.771. The second kappa shape index (κ2) is 6.03. The van der Waals surface area contributed by atoms with Gasteiger partial charge in [0.05, 0.1) is 27.4 Å². The van der Waals surface area contributed by atoms with E-state index in [4.69, 9.17) is 9.47 Å². The third-order valence-electron chi connectivity index (χ3n) is 2.86. The van der Waals surface area contributed by atoms with Crippen molar-refractivity contribution in [1.29, 1.82) is 0 Å². The molecule has 2 heterocycles. The molecule has 0 N–H and O–H groups in total. The van der Waals surface area contributed by atoms with Crippen LogP contribution < -0.4 is 4.74 Å². The van der Waals surface area contributed by atoms with Crippen LogP contribution >= 0.6 is 11.3 Å². The highest BCUT2D eigenvalue weighted by Crippen LogP contribution is 2.26. The summed E-state index contributed by atoms with van der Waals surface area (Å²) in [5.74, 6) is -0.0594. The molecule has 1 aliphatic heterocycles. The molecule has 1 atom stereocenters. The summed E-state index contributed by atoms with van der Waals surface area (Å²) in [6, 6.07) is 1.75. The van der Waals surface area contributed by atoms with Gasteiger partial charge in [-0.2, -0.15) is 0 Å². The molecule has 0 aromatic carbocycles. The highest BCUT2D eigenvalue weighted by atomic mass is 32.1. The minimum atomic E-state index is -0.714. The van der Waals surface area contributed by atoms with Crippen LogP contribution in [0.15, 0.2) is 11.4 Å². The zero-order chi connectivity index (χ0) is 13.8. The third kappa shape index (κ3) is 2.87. The van der Waals surface area contributed by atoms with E-state index in [1.165, 1.54) is 25.6 Å². The summed E-state index contributed by atoms with van der Waals surface area (Å²) in [6.45, 7) is 0.971. The number of hydrogen-bond donors (Lipinski definition) is 0. The van der Waals surface area contributed by atoms with Gasteiger partial charge in [-0.25, -0.2) is 4.79 Å². The molecule has 0 saturated carbocycles. The lowest BCUT2D eigenvalue weighted by Crippen LogP contribution is -2.48. The maximum Gasteiger partial charge on any atom is 0.336 e. The van der Waals surface area contributed by atoms with Crippen molar-refractivity contribution in [2.45, 2.75) is 6.10 Å². The van der Waals surface area contributed by atoms with Gasteiger partial charge in [-0.1, -0.05) is 0 Å². The smallest absolute Gasteiger partial charge is 0.336 e.